The fourth-order valence-corrected chi connectivity index (χ4v) is 2.23. The number of hydrogen-bond acceptors (Lipinski definition) is 4. The van der Waals surface area contributed by atoms with Crippen LogP contribution >= 0.6 is 0 Å². The van der Waals surface area contributed by atoms with Gasteiger partial charge in [-0.15, -0.1) is 0 Å². The SMILES string of the molecule is Cc1ccoc1C(=O)N(CC(=O)O)C1CCOCC1. The Kier molecular flexibility index (Phi) is 4.21. The second-order valence-electron chi connectivity index (χ2n) is 4.60. The van der Waals surface area contributed by atoms with Gasteiger partial charge in [-0.25, -0.2) is 0 Å². The lowest BCUT2D eigenvalue weighted by molar-refractivity contribution is -0.138. The fraction of sp³-hybridized carbons (Fsp3) is 0.538. The maximum absolute atomic E-state index is 12.4. The van der Waals surface area contributed by atoms with E-state index >= 15 is 0 Å². The smallest absolute Gasteiger partial charge is 0.323 e. The number of furan rings is 1. The number of amides is 1. The Labute approximate surface area is 110 Å². The molecule has 6 nitrogen and oxygen atoms in total. The Morgan fingerprint density at radius 2 is 2.11 bits per heavy atom. The zero-order chi connectivity index (χ0) is 13.8. The Bertz CT molecular complexity index is 461. The highest BCUT2D eigenvalue weighted by Crippen LogP contribution is 2.19. The third-order valence-corrected chi connectivity index (χ3v) is 3.25. The lowest BCUT2D eigenvalue weighted by Gasteiger charge is -2.32. The molecule has 19 heavy (non-hydrogen) atoms. The van der Waals surface area contributed by atoms with Gasteiger partial charge in [0.15, 0.2) is 5.76 Å². The van der Waals surface area contributed by atoms with Crippen LogP contribution in [0.1, 0.15) is 29.0 Å². The van der Waals surface area contributed by atoms with E-state index in [-0.39, 0.29) is 24.3 Å². The number of rotatable bonds is 4. The fourth-order valence-electron chi connectivity index (χ4n) is 2.23. The summed E-state index contributed by atoms with van der Waals surface area (Å²) in [6.07, 6.45) is 2.74. The molecule has 0 radical (unpaired) electrons. The summed E-state index contributed by atoms with van der Waals surface area (Å²) in [5.41, 5.74) is 0.715. The topological polar surface area (TPSA) is 80.0 Å². The summed E-state index contributed by atoms with van der Waals surface area (Å²) in [5, 5.41) is 8.97. The highest BCUT2D eigenvalue weighted by molar-refractivity contribution is 5.94. The standard InChI is InChI=1S/C13H17NO5/c1-9-2-7-19-12(9)13(17)14(8-11(15)16)10-3-5-18-6-4-10/h2,7,10H,3-6,8H2,1H3,(H,15,16). The number of aliphatic carboxylic acids is 1. The minimum atomic E-state index is -1.02. The minimum absolute atomic E-state index is 0.109. The van der Waals surface area contributed by atoms with Gasteiger partial charge in [0.05, 0.1) is 6.26 Å². The van der Waals surface area contributed by atoms with Gasteiger partial charge in [-0.3, -0.25) is 9.59 Å². The molecule has 1 saturated heterocycles. The molecule has 2 heterocycles. The van der Waals surface area contributed by atoms with Gasteiger partial charge in [0, 0.05) is 24.8 Å². The van der Waals surface area contributed by atoms with Gasteiger partial charge in [0.25, 0.3) is 5.91 Å². The zero-order valence-corrected chi connectivity index (χ0v) is 10.8. The molecule has 1 N–H and O–H groups in total. The predicted molar refractivity (Wildman–Crippen MR) is 66.0 cm³/mol. The molecule has 2 rings (SSSR count). The molecule has 0 unspecified atom stereocenters. The number of carboxylic acids is 1. The number of hydrogen-bond donors (Lipinski definition) is 1. The summed E-state index contributed by atoms with van der Waals surface area (Å²) in [6, 6.07) is 1.58. The molecule has 0 atom stereocenters. The molecule has 1 aliphatic rings. The molecule has 1 aromatic rings. The third-order valence-electron chi connectivity index (χ3n) is 3.25. The van der Waals surface area contributed by atoms with Crippen molar-refractivity contribution in [3.05, 3.63) is 23.7 Å². The van der Waals surface area contributed by atoms with Crippen LogP contribution in [0.4, 0.5) is 0 Å². The van der Waals surface area contributed by atoms with E-state index in [0.717, 1.165) is 0 Å². The summed E-state index contributed by atoms with van der Waals surface area (Å²) < 4.78 is 10.4. The van der Waals surface area contributed by atoms with Crippen LogP contribution in [-0.2, 0) is 9.53 Å². The molecule has 1 fully saturated rings. The number of ether oxygens (including phenoxy) is 1. The maximum Gasteiger partial charge on any atom is 0.323 e. The second-order valence-corrected chi connectivity index (χ2v) is 4.60. The minimum Gasteiger partial charge on any atom is -0.480 e. The number of carboxylic acid groups (broad SMARTS) is 1. The normalized spacial score (nSPS) is 16.3. The first-order valence-electron chi connectivity index (χ1n) is 6.24. The van der Waals surface area contributed by atoms with Crippen LogP contribution in [0.3, 0.4) is 0 Å². The summed E-state index contributed by atoms with van der Waals surface area (Å²) in [7, 11) is 0. The molecule has 0 spiro atoms. The predicted octanol–water partition coefficient (Wildman–Crippen LogP) is 1.29. The average molecular weight is 267 g/mol. The number of aryl methyl sites for hydroxylation is 1. The molecule has 0 aliphatic carbocycles. The van der Waals surface area contributed by atoms with Crippen molar-refractivity contribution in [2.45, 2.75) is 25.8 Å². The zero-order valence-electron chi connectivity index (χ0n) is 10.8. The number of nitrogens with zero attached hydrogens (tertiary/aromatic N) is 1. The van der Waals surface area contributed by atoms with Gasteiger partial charge in [-0.2, -0.15) is 0 Å². The average Bonchev–Trinajstić information content (AvgIpc) is 2.82. The summed E-state index contributed by atoms with van der Waals surface area (Å²) >= 11 is 0. The van der Waals surface area contributed by atoms with Gasteiger partial charge in [0.2, 0.25) is 0 Å². The third kappa shape index (κ3) is 3.14. The second kappa shape index (κ2) is 5.88. The van der Waals surface area contributed by atoms with Crippen LogP contribution < -0.4 is 0 Å². The molecule has 0 bridgehead atoms. The van der Waals surface area contributed by atoms with E-state index in [2.05, 4.69) is 0 Å². The molecular formula is C13H17NO5. The summed E-state index contributed by atoms with van der Waals surface area (Å²) in [6.45, 7) is 2.54. The van der Waals surface area contributed by atoms with Crippen molar-refractivity contribution in [2.24, 2.45) is 0 Å². The first kappa shape index (κ1) is 13.6. The van der Waals surface area contributed by atoms with Crippen LogP contribution in [0.15, 0.2) is 16.7 Å². The molecule has 104 valence electrons. The Morgan fingerprint density at radius 3 is 2.63 bits per heavy atom. The van der Waals surface area contributed by atoms with Gasteiger partial charge < -0.3 is 19.2 Å². The van der Waals surface area contributed by atoms with Crippen molar-refractivity contribution < 1.29 is 23.8 Å². The first-order chi connectivity index (χ1) is 9.09. The van der Waals surface area contributed by atoms with Crippen molar-refractivity contribution in [1.82, 2.24) is 4.90 Å². The van der Waals surface area contributed by atoms with Gasteiger partial charge in [-0.05, 0) is 25.8 Å². The van der Waals surface area contributed by atoms with E-state index in [4.69, 9.17) is 14.3 Å². The van der Waals surface area contributed by atoms with E-state index in [1.807, 2.05) is 0 Å². The number of carbonyl (C=O) groups excluding carboxylic acids is 1. The summed E-state index contributed by atoms with van der Waals surface area (Å²) in [4.78, 5) is 24.7. The highest BCUT2D eigenvalue weighted by atomic mass is 16.5. The van der Waals surface area contributed by atoms with E-state index in [1.165, 1.54) is 11.2 Å². The van der Waals surface area contributed by atoms with Crippen molar-refractivity contribution in [2.75, 3.05) is 19.8 Å². The van der Waals surface area contributed by atoms with Crippen molar-refractivity contribution >= 4 is 11.9 Å². The van der Waals surface area contributed by atoms with Crippen LogP contribution in [0, 0.1) is 6.92 Å². The molecule has 1 aromatic heterocycles. The van der Waals surface area contributed by atoms with E-state index in [1.54, 1.807) is 13.0 Å². The van der Waals surface area contributed by atoms with E-state index < -0.39 is 5.97 Å². The highest BCUT2D eigenvalue weighted by Gasteiger charge is 2.30. The van der Waals surface area contributed by atoms with Gasteiger partial charge >= 0.3 is 5.97 Å². The first-order valence-corrected chi connectivity index (χ1v) is 6.24. The van der Waals surface area contributed by atoms with E-state index in [9.17, 15) is 9.59 Å². The van der Waals surface area contributed by atoms with E-state index in [0.29, 0.717) is 31.6 Å². The monoisotopic (exact) mass is 267 g/mol. The number of carbonyl (C=O) groups is 2. The Morgan fingerprint density at radius 1 is 1.42 bits per heavy atom. The Balaban J connectivity index is 2.19. The summed E-state index contributed by atoms with van der Waals surface area (Å²) in [5.74, 6) is -1.17. The van der Waals surface area contributed by atoms with Crippen LogP contribution in [0.5, 0.6) is 0 Å². The largest absolute Gasteiger partial charge is 0.480 e. The molecule has 0 saturated carbocycles. The molecule has 1 amide bonds. The Hall–Kier alpha value is -1.82. The van der Waals surface area contributed by atoms with Crippen LogP contribution in [-0.4, -0.2) is 47.7 Å². The van der Waals surface area contributed by atoms with Crippen molar-refractivity contribution in [3.63, 3.8) is 0 Å². The molecule has 0 aromatic carbocycles. The molecular weight excluding hydrogens is 250 g/mol. The molecule has 1 aliphatic heterocycles. The van der Waals surface area contributed by atoms with Gasteiger partial charge in [-0.1, -0.05) is 0 Å². The lowest BCUT2D eigenvalue weighted by Crippen LogP contribution is -2.46. The van der Waals surface area contributed by atoms with Crippen LogP contribution in [0.25, 0.3) is 0 Å². The molecule has 6 heteroatoms. The van der Waals surface area contributed by atoms with Crippen molar-refractivity contribution in [1.29, 1.82) is 0 Å². The maximum atomic E-state index is 12.4. The lowest BCUT2D eigenvalue weighted by atomic mass is 10.1. The van der Waals surface area contributed by atoms with Crippen LogP contribution in [0.2, 0.25) is 0 Å². The van der Waals surface area contributed by atoms with Crippen molar-refractivity contribution in [3.8, 4) is 0 Å². The quantitative estimate of drug-likeness (QED) is 0.889. The van der Waals surface area contributed by atoms with Gasteiger partial charge in [0.1, 0.15) is 6.54 Å².